The number of rotatable bonds is 6. The number of likely N-dealkylation sites (N-methyl/N-ethyl adjacent to an activating group) is 1. The van der Waals surface area contributed by atoms with Crippen LogP contribution in [-0.2, 0) is 9.53 Å². The lowest BCUT2D eigenvalue weighted by Crippen LogP contribution is -2.43. The minimum Gasteiger partial charge on any atom is -0.497 e. The summed E-state index contributed by atoms with van der Waals surface area (Å²) in [6.45, 7) is 3.30. The first-order valence-corrected chi connectivity index (χ1v) is 10.5. The number of thiophene rings is 1. The zero-order chi connectivity index (χ0) is 21.3. The van der Waals surface area contributed by atoms with Crippen LogP contribution >= 0.6 is 11.3 Å². The molecule has 0 spiro atoms. The van der Waals surface area contributed by atoms with Crippen molar-refractivity contribution in [2.24, 2.45) is 0 Å². The summed E-state index contributed by atoms with van der Waals surface area (Å²) in [5, 5.41) is 9.40. The molecule has 9 heteroatoms. The Labute approximate surface area is 178 Å². The van der Waals surface area contributed by atoms with Gasteiger partial charge in [-0.2, -0.15) is 0 Å². The van der Waals surface area contributed by atoms with Crippen molar-refractivity contribution < 1.29 is 14.3 Å². The molecule has 30 heavy (non-hydrogen) atoms. The zero-order valence-corrected chi connectivity index (χ0v) is 17.8. The van der Waals surface area contributed by atoms with E-state index in [1.54, 1.807) is 37.3 Å². The summed E-state index contributed by atoms with van der Waals surface area (Å²) in [5.74, 6) is 0.714. The normalized spacial score (nSPS) is 14.7. The first-order chi connectivity index (χ1) is 14.5. The van der Waals surface area contributed by atoms with Gasteiger partial charge in [0.05, 0.1) is 48.5 Å². The van der Waals surface area contributed by atoms with Crippen LogP contribution < -0.4 is 15.4 Å². The molecule has 1 saturated heterocycles. The number of anilines is 2. The van der Waals surface area contributed by atoms with Crippen LogP contribution in [0.15, 0.2) is 30.3 Å². The molecule has 4 N–H and O–H groups in total. The van der Waals surface area contributed by atoms with E-state index in [4.69, 9.17) is 20.6 Å². The zero-order valence-electron chi connectivity index (χ0n) is 17.0. The number of morpholine rings is 1. The fourth-order valence-corrected chi connectivity index (χ4v) is 4.47. The molecule has 8 nitrogen and oxygen atoms in total. The number of nitrogens with two attached hydrogens (primary N) is 1. The highest BCUT2D eigenvalue weighted by Gasteiger charge is 2.20. The number of carbonyl (C=O) groups excluding carboxylic acids is 1. The van der Waals surface area contributed by atoms with Crippen LogP contribution in [-0.4, -0.2) is 68.5 Å². The Balaban J connectivity index is 1.49. The summed E-state index contributed by atoms with van der Waals surface area (Å²) in [6, 6.07) is 9.16. The van der Waals surface area contributed by atoms with Gasteiger partial charge in [-0.15, -0.1) is 11.3 Å². The highest BCUT2D eigenvalue weighted by Crippen LogP contribution is 2.33. The number of carbonyl (C=O) groups is 1. The van der Waals surface area contributed by atoms with Gasteiger partial charge in [0, 0.05) is 37.5 Å². The maximum atomic E-state index is 12.6. The van der Waals surface area contributed by atoms with Crippen molar-refractivity contribution in [3.63, 3.8) is 0 Å². The van der Waals surface area contributed by atoms with Gasteiger partial charge in [-0.25, -0.2) is 0 Å². The second-order valence-electron chi connectivity index (χ2n) is 7.22. The molecule has 3 heterocycles. The monoisotopic (exact) mass is 427 g/mol. The number of nitrogens with zero attached hydrogens (tertiary/aromatic N) is 2. The van der Waals surface area contributed by atoms with Crippen LogP contribution in [0.2, 0.25) is 0 Å². The molecule has 0 radical (unpaired) electrons. The quantitative estimate of drug-likeness (QED) is 0.414. The van der Waals surface area contributed by atoms with Gasteiger partial charge in [-0.05, 0) is 24.3 Å². The van der Waals surface area contributed by atoms with Gasteiger partial charge in [0.15, 0.2) is 0 Å². The smallest absolute Gasteiger partial charge is 0.241 e. The number of amides is 1. The van der Waals surface area contributed by atoms with E-state index in [-0.39, 0.29) is 5.91 Å². The number of hydrogen-bond donors (Lipinski definition) is 3. The fraction of sp³-hybridized carbons (Fsp3) is 0.333. The third-order valence-corrected chi connectivity index (χ3v) is 6.42. The Morgan fingerprint density at radius 1 is 1.33 bits per heavy atom. The number of aromatic amines is 1. The molecule has 4 rings (SSSR count). The lowest BCUT2D eigenvalue weighted by molar-refractivity contribution is -0.120. The van der Waals surface area contributed by atoms with E-state index in [0.717, 1.165) is 28.3 Å². The van der Waals surface area contributed by atoms with Crippen molar-refractivity contribution in [1.29, 1.82) is 5.41 Å². The highest BCUT2D eigenvalue weighted by molar-refractivity contribution is 7.23. The Morgan fingerprint density at radius 3 is 2.77 bits per heavy atom. The molecule has 1 aliphatic heterocycles. The summed E-state index contributed by atoms with van der Waals surface area (Å²) in [6.07, 6.45) is 0. The molecule has 158 valence electrons. The highest BCUT2D eigenvalue weighted by atomic mass is 32.1. The molecular weight excluding hydrogens is 402 g/mol. The number of fused-ring (bicyclic) bond motifs is 1. The van der Waals surface area contributed by atoms with Gasteiger partial charge in [0.2, 0.25) is 5.91 Å². The molecule has 0 saturated carbocycles. The van der Waals surface area contributed by atoms with Crippen LogP contribution in [0.5, 0.6) is 5.75 Å². The molecular formula is C21H25N5O3S. The summed E-state index contributed by atoms with van der Waals surface area (Å²) in [4.78, 5) is 19.7. The summed E-state index contributed by atoms with van der Waals surface area (Å²) >= 11 is 1.52. The molecule has 2 aromatic heterocycles. The third kappa shape index (κ3) is 4.04. The van der Waals surface area contributed by atoms with Gasteiger partial charge >= 0.3 is 0 Å². The fourth-order valence-electron chi connectivity index (χ4n) is 3.43. The van der Waals surface area contributed by atoms with Crippen molar-refractivity contribution in [3.8, 4) is 5.75 Å². The maximum Gasteiger partial charge on any atom is 0.241 e. The molecule has 1 aliphatic rings. The lowest BCUT2D eigenvalue weighted by Gasteiger charge is -2.27. The number of benzene rings is 1. The first-order valence-electron chi connectivity index (χ1n) is 9.68. The minimum atomic E-state index is 0.0553. The molecule has 0 unspecified atom stereocenters. The van der Waals surface area contributed by atoms with E-state index >= 15 is 0 Å². The average molecular weight is 428 g/mol. The van der Waals surface area contributed by atoms with E-state index in [1.807, 2.05) is 12.1 Å². The van der Waals surface area contributed by atoms with Gasteiger partial charge in [0.1, 0.15) is 10.8 Å². The Kier molecular flexibility index (Phi) is 5.76. The van der Waals surface area contributed by atoms with Crippen LogP contribution in [0.4, 0.5) is 10.7 Å². The number of ether oxygens (including phenoxy) is 2. The van der Waals surface area contributed by atoms with E-state index in [1.165, 1.54) is 11.3 Å². The number of nitrogen functional groups attached to an aromatic ring is 1. The molecule has 1 fully saturated rings. The van der Waals surface area contributed by atoms with Crippen LogP contribution in [0.3, 0.4) is 0 Å². The Bertz CT molecular complexity index is 1050. The number of H-pyrrole nitrogens is 1. The summed E-state index contributed by atoms with van der Waals surface area (Å²) < 4.78 is 11.5. The van der Waals surface area contributed by atoms with Gasteiger partial charge in [-0.3, -0.25) is 15.1 Å². The van der Waals surface area contributed by atoms with Gasteiger partial charge in [0.25, 0.3) is 0 Å². The Hall–Kier alpha value is -2.88. The predicted octanol–water partition coefficient (Wildman–Crippen LogP) is 2.53. The first kappa shape index (κ1) is 20.4. The molecule has 0 aliphatic carbocycles. The van der Waals surface area contributed by atoms with E-state index < -0.39 is 0 Å². The second-order valence-corrected chi connectivity index (χ2v) is 8.28. The largest absolute Gasteiger partial charge is 0.497 e. The van der Waals surface area contributed by atoms with E-state index in [2.05, 4.69) is 9.88 Å². The minimum absolute atomic E-state index is 0.0553. The van der Waals surface area contributed by atoms with Gasteiger partial charge in [-0.1, -0.05) is 0 Å². The number of aromatic nitrogens is 1. The predicted molar refractivity (Wildman–Crippen MR) is 120 cm³/mol. The standard InChI is InChI=1S/C21H25N5O3S/c1-25(19(27)12-26-5-7-29-8-6-26)20-11-16-18(30-20)10-17(24-16)21(23)14-4-3-13(28-2)9-15(14)22/h3-4,9-11,23-24H,5-8,12,22H2,1-2H3. The van der Waals surface area contributed by atoms with E-state index in [9.17, 15) is 4.79 Å². The van der Waals surface area contributed by atoms with Crippen molar-refractivity contribution >= 4 is 43.9 Å². The number of nitrogens with one attached hydrogen (secondary N) is 2. The van der Waals surface area contributed by atoms with Crippen molar-refractivity contribution in [3.05, 3.63) is 41.6 Å². The third-order valence-electron chi connectivity index (χ3n) is 5.26. The second kappa shape index (κ2) is 8.47. The SMILES string of the molecule is COc1ccc(C(=N)c2cc3sc(N(C)C(=O)CN4CCOCC4)cc3[nH]2)c(N)c1. The topological polar surface area (TPSA) is 108 Å². The van der Waals surface area contributed by atoms with Crippen LogP contribution in [0.1, 0.15) is 11.3 Å². The van der Waals surface area contributed by atoms with Gasteiger partial charge < -0.3 is 25.1 Å². The summed E-state index contributed by atoms with van der Waals surface area (Å²) in [5.41, 5.74) is 9.12. The van der Waals surface area contributed by atoms with E-state index in [0.29, 0.717) is 48.2 Å². The van der Waals surface area contributed by atoms with Crippen LogP contribution in [0, 0.1) is 5.41 Å². The van der Waals surface area contributed by atoms with Crippen molar-refractivity contribution in [1.82, 2.24) is 9.88 Å². The molecule has 0 atom stereocenters. The molecule has 1 amide bonds. The molecule has 1 aromatic carbocycles. The number of methoxy groups -OCH3 is 1. The average Bonchev–Trinajstić information content (AvgIpc) is 3.32. The Morgan fingerprint density at radius 2 is 2.10 bits per heavy atom. The molecule has 0 bridgehead atoms. The summed E-state index contributed by atoms with van der Waals surface area (Å²) in [7, 11) is 3.38. The number of hydrogen-bond acceptors (Lipinski definition) is 7. The van der Waals surface area contributed by atoms with Crippen LogP contribution in [0.25, 0.3) is 10.2 Å². The maximum absolute atomic E-state index is 12.6. The van der Waals surface area contributed by atoms with Crippen molar-refractivity contribution in [2.75, 3.05) is 57.6 Å². The lowest BCUT2D eigenvalue weighted by atomic mass is 10.1. The van der Waals surface area contributed by atoms with Crippen molar-refractivity contribution in [2.45, 2.75) is 0 Å². The molecule has 3 aromatic rings.